The van der Waals surface area contributed by atoms with Gasteiger partial charge >= 0.3 is 4.87 Å². The van der Waals surface area contributed by atoms with Gasteiger partial charge in [0.15, 0.2) is 6.61 Å². The Bertz CT molecular complexity index is 1460. The van der Waals surface area contributed by atoms with Gasteiger partial charge in [-0.25, -0.2) is 4.90 Å². The molecule has 3 amide bonds. The van der Waals surface area contributed by atoms with E-state index >= 15 is 0 Å². The van der Waals surface area contributed by atoms with Crippen LogP contribution in [0.2, 0.25) is 5.02 Å². The van der Waals surface area contributed by atoms with Crippen molar-refractivity contribution in [3.63, 3.8) is 0 Å². The number of rotatable bonds is 5. The Morgan fingerprint density at radius 2 is 1.79 bits per heavy atom. The van der Waals surface area contributed by atoms with E-state index < -0.39 is 17.1 Å². The molecular formula is C27H24ClN3O5S2. The second-order valence-corrected chi connectivity index (χ2v) is 12.1. The number of thioether (sulfide) groups is 1. The molecule has 0 bridgehead atoms. The zero-order valence-corrected chi connectivity index (χ0v) is 22.6. The topological polar surface area (TPSA) is 99.8 Å². The Hall–Kier alpha value is -3.08. The summed E-state index contributed by atoms with van der Waals surface area (Å²) < 4.78 is 5.87. The number of hydrogen-bond acceptors (Lipinski definition) is 7. The van der Waals surface area contributed by atoms with Crippen molar-refractivity contribution in [2.24, 2.45) is 5.92 Å². The minimum Gasteiger partial charge on any atom is -0.484 e. The largest absolute Gasteiger partial charge is 0.484 e. The highest BCUT2D eigenvalue weighted by Crippen LogP contribution is 2.53. The highest BCUT2D eigenvalue weighted by Gasteiger charge is 2.56. The maximum absolute atomic E-state index is 13.8. The van der Waals surface area contributed by atoms with Crippen LogP contribution in [0.1, 0.15) is 35.6 Å². The molecule has 1 aromatic heterocycles. The van der Waals surface area contributed by atoms with E-state index in [1.165, 1.54) is 16.7 Å². The molecule has 0 saturated carbocycles. The SMILES string of the molecule is O=C(COc1cccc([C@@H]2c3sc(=O)[nH]c3S[C@H]3C(=O)N(c4ccc(Cl)cc4)C(=O)[C@@H]23)c1)N1CCCCC1. The molecule has 3 aliphatic rings. The van der Waals surface area contributed by atoms with Gasteiger partial charge in [-0.1, -0.05) is 46.8 Å². The lowest BCUT2D eigenvalue weighted by atomic mass is 9.83. The van der Waals surface area contributed by atoms with Crippen molar-refractivity contribution in [1.82, 2.24) is 9.88 Å². The highest BCUT2D eigenvalue weighted by molar-refractivity contribution is 8.00. The van der Waals surface area contributed by atoms with Gasteiger partial charge in [0.1, 0.15) is 11.0 Å². The average Bonchev–Trinajstić information content (AvgIpc) is 3.42. The van der Waals surface area contributed by atoms with E-state index in [9.17, 15) is 19.2 Å². The van der Waals surface area contributed by atoms with Gasteiger partial charge in [-0.3, -0.25) is 19.2 Å². The van der Waals surface area contributed by atoms with Crippen LogP contribution in [0.5, 0.6) is 5.75 Å². The van der Waals surface area contributed by atoms with Crippen molar-refractivity contribution >= 4 is 58.1 Å². The van der Waals surface area contributed by atoms with Crippen LogP contribution in [-0.2, 0) is 14.4 Å². The molecule has 0 radical (unpaired) electrons. The molecule has 0 unspecified atom stereocenters. The number of carbonyl (C=O) groups excluding carboxylic acids is 3. The number of aromatic nitrogens is 1. The predicted molar refractivity (Wildman–Crippen MR) is 146 cm³/mol. The molecule has 3 aliphatic heterocycles. The van der Waals surface area contributed by atoms with Gasteiger partial charge in [-0.2, -0.15) is 0 Å². The average molecular weight is 570 g/mol. The molecule has 0 aliphatic carbocycles. The third-order valence-electron chi connectivity index (χ3n) is 7.20. The Balaban J connectivity index is 1.32. The summed E-state index contributed by atoms with van der Waals surface area (Å²) in [5.74, 6) is -1.42. The molecule has 196 valence electrons. The molecular weight excluding hydrogens is 546 g/mol. The minimum absolute atomic E-state index is 0.0504. The molecule has 8 nitrogen and oxygen atoms in total. The fourth-order valence-electron chi connectivity index (χ4n) is 5.40. The lowest BCUT2D eigenvalue weighted by Crippen LogP contribution is -2.38. The summed E-state index contributed by atoms with van der Waals surface area (Å²) in [7, 11) is 0. The van der Waals surface area contributed by atoms with Crippen LogP contribution in [0.4, 0.5) is 5.69 Å². The van der Waals surface area contributed by atoms with E-state index in [4.69, 9.17) is 16.3 Å². The zero-order chi connectivity index (χ0) is 26.4. The molecule has 6 rings (SSSR count). The van der Waals surface area contributed by atoms with Gasteiger partial charge in [0.2, 0.25) is 11.8 Å². The Kier molecular flexibility index (Phi) is 6.79. The molecule has 2 fully saturated rings. The number of ether oxygens (including phenoxy) is 1. The van der Waals surface area contributed by atoms with Gasteiger partial charge < -0.3 is 14.6 Å². The highest BCUT2D eigenvalue weighted by atomic mass is 35.5. The van der Waals surface area contributed by atoms with Crippen LogP contribution >= 0.6 is 34.7 Å². The first-order chi connectivity index (χ1) is 18.4. The van der Waals surface area contributed by atoms with Crippen molar-refractivity contribution in [3.05, 3.63) is 73.7 Å². The third kappa shape index (κ3) is 4.54. The van der Waals surface area contributed by atoms with Gasteiger partial charge in [-0.05, 0) is 61.2 Å². The number of piperidine rings is 1. The first-order valence-electron chi connectivity index (χ1n) is 12.4. The lowest BCUT2D eigenvalue weighted by molar-refractivity contribution is -0.134. The van der Waals surface area contributed by atoms with E-state index in [0.29, 0.717) is 21.5 Å². The quantitative estimate of drug-likeness (QED) is 0.461. The van der Waals surface area contributed by atoms with Crippen molar-refractivity contribution in [1.29, 1.82) is 0 Å². The van der Waals surface area contributed by atoms with Crippen molar-refractivity contribution < 1.29 is 19.1 Å². The van der Waals surface area contributed by atoms with Gasteiger partial charge in [0.25, 0.3) is 5.91 Å². The van der Waals surface area contributed by atoms with Crippen LogP contribution in [0, 0.1) is 5.92 Å². The summed E-state index contributed by atoms with van der Waals surface area (Å²) in [5, 5.41) is 0.427. The first kappa shape index (κ1) is 25.2. The fraction of sp³-hybridized carbons (Fsp3) is 0.333. The summed E-state index contributed by atoms with van der Waals surface area (Å²) in [4.78, 5) is 58.6. The minimum atomic E-state index is -0.702. The number of aromatic amines is 1. The first-order valence-corrected chi connectivity index (χ1v) is 14.5. The van der Waals surface area contributed by atoms with E-state index in [-0.39, 0.29) is 29.2 Å². The molecule has 0 spiro atoms. The van der Waals surface area contributed by atoms with Gasteiger partial charge in [-0.15, -0.1) is 0 Å². The van der Waals surface area contributed by atoms with Crippen LogP contribution in [0.15, 0.2) is 58.4 Å². The normalized spacial score (nSPS) is 22.8. The Morgan fingerprint density at radius 1 is 1.03 bits per heavy atom. The third-order valence-corrected chi connectivity index (χ3v) is 9.85. The number of amides is 3. The Morgan fingerprint density at radius 3 is 2.55 bits per heavy atom. The van der Waals surface area contributed by atoms with Crippen LogP contribution in [0.25, 0.3) is 0 Å². The van der Waals surface area contributed by atoms with Crippen molar-refractivity contribution in [2.75, 3.05) is 24.6 Å². The number of thiazole rings is 1. The number of likely N-dealkylation sites (tertiary alicyclic amines) is 1. The molecule has 3 aromatic rings. The lowest BCUT2D eigenvalue weighted by Gasteiger charge is -2.30. The van der Waals surface area contributed by atoms with Crippen molar-refractivity contribution in [2.45, 2.75) is 35.5 Å². The van der Waals surface area contributed by atoms with Crippen LogP contribution in [-0.4, -0.2) is 52.6 Å². The maximum atomic E-state index is 13.8. The van der Waals surface area contributed by atoms with Gasteiger partial charge in [0, 0.05) is 28.9 Å². The summed E-state index contributed by atoms with van der Waals surface area (Å²) in [6.07, 6.45) is 3.15. The molecule has 11 heteroatoms. The number of imide groups is 1. The Labute approximate surface area is 231 Å². The molecule has 2 saturated heterocycles. The smallest absolute Gasteiger partial charge is 0.305 e. The van der Waals surface area contributed by atoms with Crippen LogP contribution in [0.3, 0.4) is 0 Å². The van der Waals surface area contributed by atoms with Crippen LogP contribution < -0.4 is 14.5 Å². The number of halogens is 1. The summed E-state index contributed by atoms with van der Waals surface area (Å²) >= 11 is 8.30. The number of hydrogen-bond donors (Lipinski definition) is 1. The number of H-pyrrole nitrogens is 1. The van der Waals surface area contributed by atoms with E-state index in [0.717, 1.165) is 54.1 Å². The second-order valence-electron chi connectivity index (χ2n) is 9.54. The van der Waals surface area contributed by atoms with E-state index in [2.05, 4.69) is 4.98 Å². The summed E-state index contributed by atoms with van der Waals surface area (Å²) in [6, 6.07) is 13.8. The molecule has 4 heterocycles. The molecule has 1 N–H and O–H groups in total. The summed E-state index contributed by atoms with van der Waals surface area (Å²) in [6.45, 7) is 1.43. The zero-order valence-electron chi connectivity index (χ0n) is 20.2. The number of benzene rings is 2. The predicted octanol–water partition coefficient (Wildman–Crippen LogP) is 4.28. The number of nitrogens with zero attached hydrogens (tertiary/aromatic N) is 2. The monoisotopic (exact) mass is 569 g/mol. The standard InChI is InChI=1S/C27H24ClN3O5S2/c28-16-7-9-17(10-8-16)31-25(33)21-20(22-24(29-27(35)38-22)37-23(21)26(31)34)15-5-4-6-18(13-15)36-14-19(32)30-11-2-1-3-12-30/h4-10,13,20-21,23H,1-3,11-12,14H2,(H,29,35)/t20-,21-,23+/m0/s1. The molecule has 3 atom stereocenters. The van der Waals surface area contributed by atoms with Crippen molar-refractivity contribution in [3.8, 4) is 5.75 Å². The molecule has 38 heavy (non-hydrogen) atoms. The van der Waals surface area contributed by atoms with Gasteiger partial charge in [0.05, 0.1) is 16.6 Å². The second kappa shape index (κ2) is 10.2. The maximum Gasteiger partial charge on any atom is 0.305 e. The van der Waals surface area contributed by atoms with E-state index in [1.54, 1.807) is 42.5 Å². The number of carbonyl (C=O) groups is 3. The number of nitrogens with one attached hydrogen (secondary N) is 1. The number of fused-ring (bicyclic) bond motifs is 2. The van der Waals surface area contributed by atoms with E-state index in [1.807, 2.05) is 11.0 Å². The fourth-order valence-corrected chi connectivity index (χ4v) is 8.04. The summed E-state index contributed by atoms with van der Waals surface area (Å²) in [5.41, 5.74) is 1.21. The molecule has 2 aromatic carbocycles. The number of anilines is 1.